The number of carbonyl (C=O) groups is 1. The summed E-state index contributed by atoms with van der Waals surface area (Å²) < 4.78 is 10.9. The second-order valence-electron chi connectivity index (χ2n) is 6.61. The van der Waals surface area contributed by atoms with E-state index in [0.29, 0.717) is 26.2 Å². The Morgan fingerprint density at radius 2 is 1.92 bits per heavy atom. The Kier molecular flexibility index (Phi) is 11.9. The zero-order valence-corrected chi connectivity index (χ0v) is 15.8. The van der Waals surface area contributed by atoms with Crippen molar-refractivity contribution in [3.63, 3.8) is 0 Å². The molecular formula is C17H34N2O7. The predicted molar refractivity (Wildman–Crippen MR) is 94.1 cm³/mol. The van der Waals surface area contributed by atoms with E-state index in [-0.39, 0.29) is 18.9 Å². The zero-order chi connectivity index (χ0) is 19.4. The molecule has 0 radical (unpaired) electrons. The zero-order valence-electron chi connectivity index (χ0n) is 15.8. The first-order valence-electron chi connectivity index (χ1n) is 9.25. The van der Waals surface area contributed by atoms with E-state index in [2.05, 4.69) is 5.32 Å². The summed E-state index contributed by atoms with van der Waals surface area (Å²) in [4.78, 5) is 16.7. The second kappa shape index (κ2) is 13.4. The van der Waals surface area contributed by atoms with Gasteiger partial charge in [-0.2, -0.15) is 5.06 Å². The summed E-state index contributed by atoms with van der Waals surface area (Å²) in [5.74, 6) is -0.0104. The number of hydrogen-bond acceptors (Lipinski definition) is 8. The third kappa shape index (κ3) is 9.77. The van der Waals surface area contributed by atoms with Gasteiger partial charge in [0.25, 0.3) is 0 Å². The van der Waals surface area contributed by atoms with Crippen LogP contribution in [0.4, 0.5) is 0 Å². The summed E-state index contributed by atoms with van der Waals surface area (Å²) in [5.41, 5.74) is 0. The topological polar surface area (TPSA) is 121 Å². The van der Waals surface area contributed by atoms with Gasteiger partial charge in [-0.05, 0) is 12.8 Å². The molecule has 4 atom stereocenters. The molecule has 1 amide bonds. The normalized spacial score (nSPS) is 26.2. The van der Waals surface area contributed by atoms with Crippen molar-refractivity contribution >= 4 is 5.91 Å². The molecule has 0 bridgehead atoms. The van der Waals surface area contributed by atoms with Crippen LogP contribution in [-0.2, 0) is 19.1 Å². The number of carbonyl (C=O) groups excluding carboxylic acids is 1. The largest absolute Gasteiger partial charge is 0.394 e. The van der Waals surface area contributed by atoms with Gasteiger partial charge in [0.1, 0.15) is 12.2 Å². The van der Waals surface area contributed by atoms with Crippen LogP contribution >= 0.6 is 0 Å². The lowest BCUT2D eigenvalue weighted by atomic mass is 10.0. The summed E-state index contributed by atoms with van der Waals surface area (Å²) in [6, 6.07) is 0. The first-order valence-corrected chi connectivity index (χ1v) is 9.25. The van der Waals surface area contributed by atoms with Gasteiger partial charge in [0.15, 0.2) is 6.29 Å². The fourth-order valence-electron chi connectivity index (χ4n) is 2.61. The van der Waals surface area contributed by atoms with Crippen LogP contribution in [0.2, 0.25) is 0 Å². The molecule has 1 rings (SSSR count). The van der Waals surface area contributed by atoms with Crippen LogP contribution in [0.5, 0.6) is 0 Å². The van der Waals surface area contributed by atoms with E-state index in [0.717, 1.165) is 25.7 Å². The Labute approximate surface area is 155 Å². The molecule has 0 aromatic heterocycles. The monoisotopic (exact) mass is 378 g/mol. The highest BCUT2D eigenvalue weighted by Crippen LogP contribution is 2.21. The lowest BCUT2D eigenvalue weighted by Crippen LogP contribution is -2.50. The molecule has 9 nitrogen and oxygen atoms in total. The molecule has 0 aromatic rings. The standard InChI is InChI=1S/C17H34N2O7/c1-19(2)25-10-7-15(22)18-8-5-3-4-6-9-24-16-11-13(21)17(23)14(12-20)26-16/h13-14,16-17,20-21,23H,3-12H2,1-2H3,(H,18,22). The van der Waals surface area contributed by atoms with E-state index in [9.17, 15) is 15.0 Å². The van der Waals surface area contributed by atoms with E-state index in [1.54, 1.807) is 19.2 Å². The van der Waals surface area contributed by atoms with Gasteiger partial charge in [0, 0.05) is 33.7 Å². The van der Waals surface area contributed by atoms with Gasteiger partial charge in [-0.3, -0.25) is 9.63 Å². The van der Waals surface area contributed by atoms with Crippen LogP contribution in [0, 0.1) is 0 Å². The van der Waals surface area contributed by atoms with Gasteiger partial charge < -0.3 is 30.1 Å². The Morgan fingerprint density at radius 3 is 2.62 bits per heavy atom. The number of aliphatic hydroxyl groups excluding tert-OH is 3. The van der Waals surface area contributed by atoms with Crippen LogP contribution in [0.15, 0.2) is 0 Å². The molecule has 4 N–H and O–H groups in total. The van der Waals surface area contributed by atoms with Crippen LogP contribution in [0.1, 0.15) is 38.5 Å². The molecule has 154 valence electrons. The van der Waals surface area contributed by atoms with Gasteiger partial charge in [-0.25, -0.2) is 0 Å². The maximum absolute atomic E-state index is 11.5. The minimum absolute atomic E-state index is 0.0104. The Balaban J connectivity index is 1.95. The number of ether oxygens (including phenoxy) is 2. The summed E-state index contributed by atoms with van der Waals surface area (Å²) in [5, 5.41) is 32.9. The second-order valence-corrected chi connectivity index (χ2v) is 6.61. The number of hydrogen-bond donors (Lipinski definition) is 4. The van der Waals surface area contributed by atoms with Crippen LogP contribution in [0.3, 0.4) is 0 Å². The summed E-state index contributed by atoms with van der Waals surface area (Å²) in [7, 11) is 3.55. The van der Waals surface area contributed by atoms with E-state index in [1.165, 1.54) is 0 Å². The lowest BCUT2D eigenvalue weighted by molar-refractivity contribution is -0.256. The maximum atomic E-state index is 11.5. The smallest absolute Gasteiger partial charge is 0.222 e. The lowest BCUT2D eigenvalue weighted by Gasteiger charge is -2.36. The predicted octanol–water partition coefficient (Wildman–Crippen LogP) is -0.608. The van der Waals surface area contributed by atoms with Crippen molar-refractivity contribution in [2.24, 2.45) is 0 Å². The molecule has 0 saturated carbocycles. The van der Waals surface area contributed by atoms with Crippen LogP contribution in [-0.4, -0.2) is 91.4 Å². The van der Waals surface area contributed by atoms with Crippen molar-refractivity contribution in [2.45, 2.75) is 63.1 Å². The van der Waals surface area contributed by atoms with Gasteiger partial charge in [0.05, 0.1) is 25.7 Å². The molecule has 0 spiro atoms. The quantitative estimate of drug-likeness (QED) is 0.247. The highest BCUT2D eigenvalue weighted by molar-refractivity contribution is 5.75. The van der Waals surface area contributed by atoms with Crippen molar-refractivity contribution in [1.82, 2.24) is 10.4 Å². The molecule has 1 aliphatic rings. The summed E-state index contributed by atoms with van der Waals surface area (Å²) in [6.07, 6.45) is 0.784. The van der Waals surface area contributed by atoms with Crippen LogP contribution < -0.4 is 5.32 Å². The molecule has 9 heteroatoms. The van der Waals surface area contributed by atoms with E-state index in [4.69, 9.17) is 19.4 Å². The number of amides is 1. The third-order valence-corrected chi connectivity index (χ3v) is 4.09. The number of aliphatic hydroxyl groups is 3. The summed E-state index contributed by atoms with van der Waals surface area (Å²) >= 11 is 0. The highest BCUT2D eigenvalue weighted by Gasteiger charge is 2.36. The molecular weight excluding hydrogens is 344 g/mol. The van der Waals surface area contributed by atoms with Crippen molar-refractivity contribution < 1.29 is 34.4 Å². The molecule has 0 aromatic carbocycles. The SMILES string of the molecule is CN(C)OCCC(=O)NCCCCCCOC1CC(O)C(O)C(CO)O1. The fraction of sp³-hybridized carbons (Fsp3) is 0.941. The number of unbranched alkanes of at least 4 members (excludes halogenated alkanes) is 3. The van der Waals surface area contributed by atoms with E-state index in [1.807, 2.05) is 0 Å². The Hall–Kier alpha value is -0.810. The van der Waals surface area contributed by atoms with Gasteiger partial charge >= 0.3 is 0 Å². The van der Waals surface area contributed by atoms with E-state index >= 15 is 0 Å². The van der Waals surface area contributed by atoms with Gasteiger partial charge in [-0.15, -0.1) is 0 Å². The first-order chi connectivity index (χ1) is 12.4. The number of rotatable bonds is 13. The van der Waals surface area contributed by atoms with Crippen molar-refractivity contribution in [3.05, 3.63) is 0 Å². The third-order valence-electron chi connectivity index (χ3n) is 4.09. The summed E-state index contributed by atoms with van der Waals surface area (Å²) in [6.45, 7) is 1.16. The number of nitrogens with one attached hydrogen (secondary N) is 1. The average Bonchev–Trinajstić information content (AvgIpc) is 2.59. The van der Waals surface area contributed by atoms with Crippen molar-refractivity contribution in [3.8, 4) is 0 Å². The van der Waals surface area contributed by atoms with Crippen molar-refractivity contribution in [1.29, 1.82) is 0 Å². The minimum atomic E-state index is -1.08. The number of nitrogens with zero attached hydrogens (tertiary/aromatic N) is 1. The number of hydroxylamine groups is 2. The Bertz CT molecular complexity index is 384. The molecule has 4 unspecified atom stereocenters. The molecule has 1 heterocycles. The minimum Gasteiger partial charge on any atom is -0.394 e. The molecule has 0 aliphatic carbocycles. The maximum Gasteiger partial charge on any atom is 0.222 e. The fourth-order valence-corrected chi connectivity index (χ4v) is 2.61. The molecule has 1 saturated heterocycles. The van der Waals surface area contributed by atoms with Gasteiger partial charge in [-0.1, -0.05) is 12.8 Å². The average molecular weight is 378 g/mol. The van der Waals surface area contributed by atoms with Crippen molar-refractivity contribution in [2.75, 3.05) is 40.5 Å². The van der Waals surface area contributed by atoms with Crippen LogP contribution in [0.25, 0.3) is 0 Å². The molecule has 26 heavy (non-hydrogen) atoms. The molecule has 1 aliphatic heterocycles. The first kappa shape index (κ1) is 23.2. The molecule has 1 fully saturated rings. The Morgan fingerprint density at radius 1 is 1.19 bits per heavy atom. The highest BCUT2D eigenvalue weighted by atomic mass is 16.7. The van der Waals surface area contributed by atoms with Gasteiger partial charge in [0.2, 0.25) is 5.91 Å². The van der Waals surface area contributed by atoms with E-state index < -0.39 is 24.6 Å².